The first-order chi connectivity index (χ1) is 9.02. The van der Waals surface area contributed by atoms with Gasteiger partial charge in [0.25, 0.3) is 5.91 Å². The number of carbonyl (C=O) groups excluding carboxylic acids is 2. The SMILES string of the molecule is CCOC(=O)NNC(=O)[C@@H](C)Oc1cccc(Br)c1. The number of carbonyl (C=O) groups is 2. The second kappa shape index (κ2) is 7.63. The molecule has 1 aromatic rings. The molecule has 2 N–H and O–H groups in total. The molecule has 0 bridgehead atoms. The summed E-state index contributed by atoms with van der Waals surface area (Å²) in [5.41, 5.74) is 4.31. The van der Waals surface area contributed by atoms with Gasteiger partial charge >= 0.3 is 6.09 Å². The van der Waals surface area contributed by atoms with Crippen LogP contribution in [0, 0.1) is 0 Å². The van der Waals surface area contributed by atoms with Gasteiger partial charge in [0.05, 0.1) is 6.61 Å². The molecule has 7 heteroatoms. The van der Waals surface area contributed by atoms with Crippen molar-refractivity contribution in [2.45, 2.75) is 20.0 Å². The van der Waals surface area contributed by atoms with E-state index in [1.54, 1.807) is 32.0 Å². The van der Waals surface area contributed by atoms with Gasteiger partial charge in [-0.25, -0.2) is 10.2 Å². The zero-order valence-corrected chi connectivity index (χ0v) is 12.2. The molecule has 1 atom stereocenters. The Kier molecular flexibility index (Phi) is 6.14. The number of amides is 2. The van der Waals surface area contributed by atoms with Gasteiger partial charge in [0, 0.05) is 4.47 Å². The van der Waals surface area contributed by atoms with Crippen LogP contribution in [-0.4, -0.2) is 24.7 Å². The van der Waals surface area contributed by atoms with Crippen LogP contribution in [0.15, 0.2) is 28.7 Å². The zero-order valence-electron chi connectivity index (χ0n) is 10.6. The molecule has 0 saturated carbocycles. The molecule has 0 saturated heterocycles. The average molecular weight is 331 g/mol. The highest BCUT2D eigenvalue weighted by atomic mass is 79.9. The van der Waals surface area contributed by atoms with Crippen LogP contribution >= 0.6 is 15.9 Å². The van der Waals surface area contributed by atoms with Gasteiger partial charge in [0.1, 0.15) is 5.75 Å². The van der Waals surface area contributed by atoms with E-state index in [0.717, 1.165) is 4.47 Å². The highest BCUT2D eigenvalue weighted by molar-refractivity contribution is 9.10. The minimum absolute atomic E-state index is 0.228. The monoisotopic (exact) mass is 330 g/mol. The van der Waals surface area contributed by atoms with Crippen molar-refractivity contribution in [1.82, 2.24) is 10.9 Å². The van der Waals surface area contributed by atoms with Gasteiger partial charge in [0.15, 0.2) is 6.10 Å². The first-order valence-electron chi connectivity index (χ1n) is 5.67. The van der Waals surface area contributed by atoms with Gasteiger partial charge in [-0.2, -0.15) is 0 Å². The van der Waals surface area contributed by atoms with E-state index in [0.29, 0.717) is 5.75 Å². The lowest BCUT2D eigenvalue weighted by molar-refractivity contribution is -0.128. The minimum atomic E-state index is -0.753. The summed E-state index contributed by atoms with van der Waals surface area (Å²) < 4.78 is 10.9. The lowest BCUT2D eigenvalue weighted by atomic mass is 10.3. The van der Waals surface area contributed by atoms with E-state index < -0.39 is 18.1 Å². The third-order valence-electron chi connectivity index (χ3n) is 2.04. The third-order valence-corrected chi connectivity index (χ3v) is 2.53. The molecule has 0 fully saturated rings. The first-order valence-corrected chi connectivity index (χ1v) is 6.47. The van der Waals surface area contributed by atoms with Gasteiger partial charge in [0.2, 0.25) is 0 Å². The molecule has 104 valence electrons. The van der Waals surface area contributed by atoms with Crippen LogP contribution in [0.25, 0.3) is 0 Å². The van der Waals surface area contributed by atoms with E-state index in [-0.39, 0.29) is 6.61 Å². The number of nitrogens with one attached hydrogen (secondary N) is 2. The lowest BCUT2D eigenvalue weighted by Crippen LogP contribution is -2.47. The second-order valence-corrected chi connectivity index (χ2v) is 4.47. The Balaban J connectivity index is 2.42. The molecule has 0 aliphatic rings. The van der Waals surface area contributed by atoms with Crippen molar-refractivity contribution >= 4 is 27.9 Å². The molecule has 2 amide bonds. The Morgan fingerprint density at radius 1 is 1.37 bits per heavy atom. The fourth-order valence-electron chi connectivity index (χ4n) is 1.18. The van der Waals surface area contributed by atoms with E-state index in [1.807, 2.05) is 6.07 Å². The molecule has 0 aromatic heterocycles. The summed E-state index contributed by atoms with van der Waals surface area (Å²) >= 11 is 3.30. The first kappa shape index (κ1) is 15.3. The molecule has 6 nitrogen and oxygen atoms in total. The summed E-state index contributed by atoms with van der Waals surface area (Å²) in [6.45, 7) is 3.47. The molecule has 0 aliphatic carbocycles. The van der Waals surface area contributed by atoms with Crippen molar-refractivity contribution in [2.24, 2.45) is 0 Å². The Morgan fingerprint density at radius 3 is 2.74 bits per heavy atom. The van der Waals surface area contributed by atoms with Crippen molar-refractivity contribution in [2.75, 3.05) is 6.61 Å². The van der Waals surface area contributed by atoms with Crippen molar-refractivity contribution in [3.05, 3.63) is 28.7 Å². The molecule has 0 spiro atoms. The number of rotatable bonds is 4. The highest BCUT2D eigenvalue weighted by Crippen LogP contribution is 2.18. The topological polar surface area (TPSA) is 76.7 Å². The molecule has 0 heterocycles. The molecular weight excluding hydrogens is 316 g/mol. The molecule has 0 radical (unpaired) electrons. The second-order valence-electron chi connectivity index (χ2n) is 3.55. The van der Waals surface area contributed by atoms with Gasteiger partial charge in [-0.15, -0.1) is 0 Å². The van der Waals surface area contributed by atoms with E-state index >= 15 is 0 Å². The minimum Gasteiger partial charge on any atom is -0.481 e. The summed E-state index contributed by atoms with van der Waals surface area (Å²) in [4.78, 5) is 22.6. The standard InChI is InChI=1S/C12H15BrN2O4/c1-3-18-12(17)15-14-11(16)8(2)19-10-6-4-5-9(13)7-10/h4-8H,3H2,1-2H3,(H,14,16)(H,15,17)/t8-/m1/s1. The van der Waals surface area contributed by atoms with Gasteiger partial charge < -0.3 is 9.47 Å². The summed E-state index contributed by atoms with van der Waals surface area (Å²) in [5.74, 6) is 0.0705. The van der Waals surface area contributed by atoms with Gasteiger partial charge in [-0.05, 0) is 32.0 Å². The highest BCUT2D eigenvalue weighted by Gasteiger charge is 2.15. The fourth-order valence-corrected chi connectivity index (χ4v) is 1.56. The van der Waals surface area contributed by atoms with Crippen molar-refractivity contribution in [3.63, 3.8) is 0 Å². The predicted molar refractivity (Wildman–Crippen MR) is 72.5 cm³/mol. The Labute approximate surface area is 119 Å². The quantitative estimate of drug-likeness (QED) is 0.828. The maximum absolute atomic E-state index is 11.6. The van der Waals surface area contributed by atoms with Crippen LogP contribution in [0.1, 0.15) is 13.8 Å². The number of ether oxygens (including phenoxy) is 2. The Morgan fingerprint density at radius 2 is 2.11 bits per heavy atom. The van der Waals surface area contributed by atoms with E-state index in [9.17, 15) is 9.59 Å². The van der Waals surface area contributed by atoms with Crippen LogP contribution in [-0.2, 0) is 9.53 Å². The normalized spacial score (nSPS) is 11.3. The predicted octanol–water partition coefficient (Wildman–Crippen LogP) is 1.99. The molecule has 0 unspecified atom stereocenters. The van der Waals surface area contributed by atoms with Crippen molar-refractivity contribution in [3.8, 4) is 5.75 Å². The van der Waals surface area contributed by atoms with Crippen molar-refractivity contribution < 1.29 is 19.1 Å². The van der Waals surface area contributed by atoms with Crippen molar-refractivity contribution in [1.29, 1.82) is 0 Å². The smallest absolute Gasteiger partial charge is 0.426 e. The Hall–Kier alpha value is -1.76. The average Bonchev–Trinajstić information content (AvgIpc) is 2.36. The van der Waals surface area contributed by atoms with Gasteiger partial charge in [-0.1, -0.05) is 22.0 Å². The maximum atomic E-state index is 11.6. The molecule has 1 rings (SSSR count). The van der Waals surface area contributed by atoms with Crippen LogP contribution < -0.4 is 15.6 Å². The largest absolute Gasteiger partial charge is 0.481 e. The van der Waals surface area contributed by atoms with Crippen LogP contribution in [0.4, 0.5) is 4.79 Å². The third kappa shape index (κ3) is 5.60. The van der Waals surface area contributed by atoms with Crippen LogP contribution in [0.3, 0.4) is 0 Å². The lowest BCUT2D eigenvalue weighted by Gasteiger charge is -2.15. The fraction of sp³-hybridized carbons (Fsp3) is 0.333. The number of halogens is 1. The Bertz CT molecular complexity index is 453. The van der Waals surface area contributed by atoms with Crippen LogP contribution in [0.2, 0.25) is 0 Å². The molecule has 19 heavy (non-hydrogen) atoms. The summed E-state index contributed by atoms with van der Waals surface area (Å²) in [7, 11) is 0. The van der Waals surface area contributed by atoms with Crippen LogP contribution in [0.5, 0.6) is 5.75 Å². The molecule has 1 aromatic carbocycles. The number of hydrazine groups is 1. The summed E-state index contributed by atoms with van der Waals surface area (Å²) in [6.07, 6.45) is -1.47. The van der Waals surface area contributed by atoms with Gasteiger partial charge in [-0.3, -0.25) is 10.2 Å². The molecular formula is C12H15BrN2O4. The number of hydrogen-bond donors (Lipinski definition) is 2. The van der Waals surface area contributed by atoms with E-state index in [1.165, 1.54) is 0 Å². The zero-order chi connectivity index (χ0) is 14.3. The summed E-state index contributed by atoms with van der Waals surface area (Å²) in [5, 5.41) is 0. The molecule has 0 aliphatic heterocycles. The van der Waals surface area contributed by atoms with E-state index in [2.05, 4.69) is 31.5 Å². The maximum Gasteiger partial charge on any atom is 0.426 e. The number of benzene rings is 1. The summed E-state index contributed by atoms with van der Waals surface area (Å²) in [6, 6.07) is 7.11. The van der Waals surface area contributed by atoms with E-state index in [4.69, 9.17) is 4.74 Å². The number of hydrogen-bond acceptors (Lipinski definition) is 4.